The zero-order valence-corrected chi connectivity index (χ0v) is 13.0. The Balaban J connectivity index is 1.74. The van der Waals surface area contributed by atoms with E-state index in [2.05, 4.69) is 5.10 Å². The summed E-state index contributed by atoms with van der Waals surface area (Å²) in [6.45, 7) is 2.82. The van der Waals surface area contributed by atoms with Gasteiger partial charge in [-0.3, -0.25) is 9.59 Å². The van der Waals surface area contributed by atoms with Gasteiger partial charge in [0.05, 0.1) is 17.3 Å². The number of nitrogens with zero attached hydrogens (tertiary/aromatic N) is 3. The molecular weight excluding hydrogens is 294 g/mol. The Kier molecular flexibility index (Phi) is 4.14. The third-order valence-corrected chi connectivity index (χ3v) is 4.16. The Morgan fingerprint density at radius 2 is 1.96 bits per heavy atom. The van der Waals surface area contributed by atoms with Gasteiger partial charge in [-0.05, 0) is 50.1 Å². The minimum absolute atomic E-state index is 0.112. The lowest BCUT2D eigenvalue weighted by atomic mass is 9.97. The monoisotopic (exact) mass is 313 g/mol. The number of aryl methyl sites for hydroxylation is 1. The van der Waals surface area contributed by atoms with Gasteiger partial charge < -0.3 is 10.0 Å². The molecule has 0 bridgehead atoms. The van der Waals surface area contributed by atoms with Crippen molar-refractivity contribution in [3.8, 4) is 5.69 Å². The van der Waals surface area contributed by atoms with Gasteiger partial charge in [0, 0.05) is 24.8 Å². The summed E-state index contributed by atoms with van der Waals surface area (Å²) in [6.07, 6.45) is 3.23. The number of aromatic nitrogens is 2. The number of benzene rings is 1. The second-order valence-electron chi connectivity index (χ2n) is 5.88. The van der Waals surface area contributed by atoms with E-state index in [4.69, 9.17) is 5.11 Å². The summed E-state index contributed by atoms with van der Waals surface area (Å²) >= 11 is 0. The minimum Gasteiger partial charge on any atom is -0.481 e. The van der Waals surface area contributed by atoms with Crippen LogP contribution in [0.4, 0.5) is 0 Å². The molecule has 1 fully saturated rings. The molecule has 2 aromatic rings. The number of carboxylic acid groups (broad SMARTS) is 1. The van der Waals surface area contributed by atoms with Gasteiger partial charge in [0.25, 0.3) is 5.91 Å². The number of amides is 1. The molecule has 23 heavy (non-hydrogen) atoms. The zero-order valence-electron chi connectivity index (χ0n) is 13.0. The molecule has 1 aromatic heterocycles. The van der Waals surface area contributed by atoms with Gasteiger partial charge in [-0.2, -0.15) is 5.10 Å². The molecule has 1 aliphatic heterocycles. The van der Waals surface area contributed by atoms with E-state index in [9.17, 15) is 9.59 Å². The number of aliphatic carboxylic acids is 1. The normalized spacial score (nSPS) is 18.0. The molecule has 6 nitrogen and oxygen atoms in total. The maximum Gasteiger partial charge on any atom is 0.308 e. The highest BCUT2D eigenvalue weighted by molar-refractivity contribution is 5.94. The van der Waals surface area contributed by atoms with Gasteiger partial charge >= 0.3 is 5.97 Å². The summed E-state index contributed by atoms with van der Waals surface area (Å²) in [7, 11) is 0. The highest BCUT2D eigenvalue weighted by atomic mass is 16.4. The summed E-state index contributed by atoms with van der Waals surface area (Å²) in [4.78, 5) is 25.3. The van der Waals surface area contributed by atoms with E-state index >= 15 is 0 Å². The molecule has 1 saturated heterocycles. The van der Waals surface area contributed by atoms with Crippen molar-refractivity contribution in [2.45, 2.75) is 19.8 Å². The first kappa shape index (κ1) is 15.3. The van der Waals surface area contributed by atoms with Crippen molar-refractivity contribution in [3.63, 3.8) is 0 Å². The van der Waals surface area contributed by atoms with Crippen molar-refractivity contribution in [3.05, 3.63) is 47.8 Å². The molecule has 1 N–H and O–H groups in total. The largest absolute Gasteiger partial charge is 0.481 e. The molecule has 1 aromatic carbocycles. The van der Waals surface area contributed by atoms with E-state index in [1.165, 1.54) is 0 Å². The van der Waals surface area contributed by atoms with Crippen molar-refractivity contribution >= 4 is 11.9 Å². The second kappa shape index (κ2) is 6.24. The van der Waals surface area contributed by atoms with Crippen LogP contribution in [0.1, 0.15) is 28.9 Å². The van der Waals surface area contributed by atoms with Crippen LogP contribution in [0.3, 0.4) is 0 Å². The lowest BCUT2D eigenvalue weighted by Gasteiger charge is -2.30. The molecule has 0 aliphatic carbocycles. The molecule has 1 atom stereocenters. The molecule has 2 heterocycles. The number of carbonyl (C=O) groups is 2. The highest BCUT2D eigenvalue weighted by Crippen LogP contribution is 2.19. The molecule has 0 saturated carbocycles. The van der Waals surface area contributed by atoms with Crippen molar-refractivity contribution in [2.24, 2.45) is 5.92 Å². The minimum atomic E-state index is -0.827. The first-order chi connectivity index (χ1) is 11.0. The molecule has 1 aliphatic rings. The zero-order chi connectivity index (χ0) is 16.4. The van der Waals surface area contributed by atoms with Crippen LogP contribution >= 0.6 is 0 Å². The van der Waals surface area contributed by atoms with Crippen LogP contribution in [-0.4, -0.2) is 44.8 Å². The topological polar surface area (TPSA) is 75.4 Å². The fourth-order valence-corrected chi connectivity index (χ4v) is 2.86. The Morgan fingerprint density at radius 1 is 1.22 bits per heavy atom. The third kappa shape index (κ3) is 3.26. The van der Waals surface area contributed by atoms with Gasteiger partial charge in [-0.15, -0.1) is 0 Å². The molecule has 0 unspecified atom stereocenters. The number of hydrogen-bond acceptors (Lipinski definition) is 3. The van der Waals surface area contributed by atoms with E-state index in [0.717, 1.165) is 17.8 Å². The molecule has 3 rings (SSSR count). The smallest absolute Gasteiger partial charge is 0.308 e. The SMILES string of the molecule is Cc1ccn(-c2ccc(C(=O)N3CCC[C@H](C(=O)O)C3)cc2)n1. The summed E-state index contributed by atoms with van der Waals surface area (Å²) in [5.41, 5.74) is 2.39. The van der Waals surface area contributed by atoms with Crippen LogP contribution in [0.25, 0.3) is 5.69 Å². The molecular formula is C17H19N3O3. The summed E-state index contributed by atoms with van der Waals surface area (Å²) in [5.74, 6) is -1.40. The maximum absolute atomic E-state index is 12.5. The molecule has 120 valence electrons. The average Bonchev–Trinajstić information content (AvgIpc) is 3.01. The van der Waals surface area contributed by atoms with Gasteiger partial charge in [-0.25, -0.2) is 4.68 Å². The fourth-order valence-electron chi connectivity index (χ4n) is 2.86. The van der Waals surface area contributed by atoms with Crippen LogP contribution < -0.4 is 0 Å². The van der Waals surface area contributed by atoms with Crippen molar-refractivity contribution in [1.29, 1.82) is 0 Å². The maximum atomic E-state index is 12.5. The second-order valence-corrected chi connectivity index (χ2v) is 5.88. The van der Waals surface area contributed by atoms with Crippen molar-refractivity contribution in [1.82, 2.24) is 14.7 Å². The van der Waals surface area contributed by atoms with Crippen LogP contribution in [-0.2, 0) is 4.79 Å². The highest BCUT2D eigenvalue weighted by Gasteiger charge is 2.28. The van der Waals surface area contributed by atoms with Crippen LogP contribution in [0.15, 0.2) is 36.5 Å². The van der Waals surface area contributed by atoms with Crippen LogP contribution in [0.2, 0.25) is 0 Å². The summed E-state index contributed by atoms with van der Waals surface area (Å²) in [6, 6.07) is 9.13. The van der Waals surface area contributed by atoms with Crippen LogP contribution in [0.5, 0.6) is 0 Å². The fraction of sp³-hybridized carbons (Fsp3) is 0.353. The average molecular weight is 313 g/mol. The van der Waals surface area contributed by atoms with E-state index in [1.807, 2.05) is 31.3 Å². The molecule has 6 heteroatoms. The standard InChI is InChI=1S/C17H19N3O3/c1-12-8-10-20(18-12)15-6-4-13(5-7-15)16(21)19-9-2-3-14(11-19)17(22)23/h4-8,10,14H,2-3,9,11H2,1H3,(H,22,23)/t14-/m0/s1. The van der Waals surface area contributed by atoms with E-state index in [1.54, 1.807) is 21.7 Å². The number of carboxylic acids is 1. The predicted octanol–water partition coefficient (Wildman–Crippen LogP) is 2.12. The van der Waals surface area contributed by atoms with Gasteiger partial charge in [0.2, 0.25) is 0 Å². The van der Waals surface area contributed by atoms with Gasteiger partial charge in [0.15, 0.2) is 0 Å². The molecule has 0 spiro atoms. The number of likely N-dealkylation sites (tertiary alicyclic amines) is 1. The summed E-state index contributed by atoms with van der Waals surface area (Å²) in [5, 5.41) is 13.5. The van der Waals surface area contributed by atoms with Gasteiger partial charge in [-0.1, -0.05) is 0 Å². The molecule has 0 radical (unpaired) electrons. The number of carbonyl (C=O) groups excluding carboxylic acids is 1. The van der Waals surface area contributed by atoms with Crippen LogP contribution in [0, 0.1) is 12.8 Å². The first-order valence-corrected chi connectivity index (χ1v) is 7.69. The summed E-state index contributed by atoms with van der Waals surface area (Å²) < 4.78 is 1.75. The lowest BCUT2D eigenvalue weighted by molar-refractivity contribution is -0.143. The van der Waals surface area contributed by atoms with E-state index in [-0.39, 0.29) is 12.5 Å². The Hall–Kier alpha value is -2.63. The quantitative estimate of drug-likeness (QED) is 0.942. The predicted molar refractivity (Wildman–Crippen MR) is 84.6 cm³/mol. The number of hydrogen-bond donors (Lipinski definition) is 1. The third-order valence-electron chi connectivity index (χ3n) is 4.16. The van der Waals surface area contributed by atoms with Crippen molar-refractivity contribution in [2.75, 3.05) is 13.1 Å². The number of piperidine rings is 1. The molecule has 1 amide bonds. The Morgan fingerprint density at radius 3 is 2.57 bits per heavy atom. The first-order valence-electron chi connectivity index (χ1n) is 7.69. The van der Waals surface area contributed by atoms with Crippen molar-refractivity contribution < 1.29 is 14.7 Å². The Labute approximate surface area is 134 Å². The van der Waals surface area contributed by atoms with E-state index < -0.39 is 11.9 Å². The lowest BCUT2D eigenvalue weighted by Crippen LogP contribution is -2.42. The van der Waals surface area contributed by atoms with Gasteiger partial charge in [0.1, 0.15) is 0 Å². The van der Waals surface area contributed by atoms with E-state index in [0.29, 0.717) is 18.5 Å². The number of rotatable bonds is 3. The Bertz CT molecular complexity index is 721.